The molecule has 5 rings (SSSR count). The smallest absolute Gasteiger partial charge is 0.105 e. The van der Waals surface area contributed by atoms with E-state index < -0.39 is 0 Å². The highest BCUT2D eigenvalue weighted by molar-refractivity contribution is 6.19. The van der Waals surface area contributed by atoms with Crippen LogP contribution in [0, 0.1) is 34.6 Å². The van der Waals surface area contributed by atoms with Gasteiger partial charge in [0.1, 0.15) is 5.71 Å². The molecule has 2 heterocycles. The zero-order valence-electron chi connectivity index (χ0n) is 17.4. The van der Waals surface area contributed by atoms with Gasteiger partial charge in [-0.15, -0.1) is 10.5 Å². The summed E-state index contributed by atoms with van der Waals surface area (Å²) in [6, 6.07) is 16.4. The molecule has 1 radical (unpaired) electrons. The fourth-order valence-electron chi connectivity index (χ4n) is 4.41. The number of fused-ring (bicyclic) bond motifs is 2. The van der Waals surface area contributed by atoms with E-state index in [0.717, 1.165) is 33.9 Å². The van der Waals surface area contributed by atoms with Gasteiger partial charge in [-0.1, -0.05) is 36.4 Å². The second-order valence-electron chi connectivity index (χ2n) is 7.81. The molecule has 1 aliphatic rings. The number of benzene rings is 3. The molecule has 0 bridgehead atoms. The Morgan fingerprint density at radius 1 is 0.724 bits per heavy atom. The fourth-order valence-corrected chi connectivity index (χ4v) is 4.41. The van der Waals surface area contributed by atoms with Crippen molar-refractivity contribution in [1.29, 1.82) is 0 Å². The van der Waals surface area contributed by atoms with E-state index in [2.05, 4.69) is 68.0 Å². The quantitative estimate of drug-likeness (QED) is 0.449. The van der Waals surface area contributed by atoms with Gasteiger partial charge in [0.2, 0.25) is 0 Å². The number of nitrogens with zero attached hydrogens (tertiary/aromatic N) is 4. The average molecular weight is 379 g/mol. The lowest BCUT2D eigenvalue weighted by atomic mass is 9.94. The first-order valence-electron chi connectivity index (χ1n) is 9.92. The van der Waals surface area contributed by atoms with Crippen molar-refractivity contribution in [3.8, 4) is 5.69 Å². The van der Waals surface area contributed by atoms with Crippen molar-refractivity contribution in [2.45, 2.75) is 34.6 Å². The minimum absolute atomic E-state index is 0.890. The van der Waals surface area contributed by atoms with Crippen LogP contribution in [0.5, 0.6) is 0 Å². The summed E-state index contributed by atoms with van der Waals surface area (Å²) in [6.07, 6.45) is 0. The number of hydrogen-bond donors (Lipinski definition) is 0. The van der Waals surface area contributed by atoms with E-state index in [4.69, 9.17) is 5.10 Å². The third kappa shape index (κ3) is 2.45. The molecule has 0 spiro atoms. The summed E-state index contributed by atoms with van der Waals surface area (Å²) in [5.74, 6) is 0. The summed E-state index contributed by atoms with van der Waals surface area (Å²) in [5.41, 5.74) is 16.8. The van der Waals surface area contributed by atoms with E-state index in [1.165, 1.54) is 33.2 Å². The van der Waals surface area contributed by atoms with Crippen LogP contribution in [0.1, 0.15) is 39.1 Å². The Bertz CT molecular complexity index is 1310. The predicted molar refractivity (Wildman–Crippen MR) is 119 cm³/mol. The molecule has 4 aromatic rings. The first kappa shape index (κ1) is 17.7. The molecular weight excluding hydrogens is 356 g/mol. The highest BCUT2D eigenvalue weighted by atomic mass is 15.3. The Morgan fingerprint density at radius 3 is 2.21 bits per heavy atom. The van der Waals surface area contributed by atoms with Crippen LogP contribution in [0.25, 0.3) is 16.6 Å². The fraction of sp³-hybridized carbons (Fsp3) is 0.200. The number of hydrogen-bond acceptors (Lipinski definition) is 2. The van der Waals surface area contributed by atoms with Gasteiger partial charge in [0.25, 0.3) is 0 Å². The Kier molecular flexibility index (Phi) is 3.85. The maximum atomic E-state index is 4.99. The van der Waals surface area contributed by atoms with Gasteiger partial charge in [-0.25, -0.2) is 4.68 Å². The minimum atomic E-state index is 0.890. The van der Waals surface area contributed by atoms with E-state index >= 15 is 0 Å². The molecule has 3 aromatic carbocycles. The molecule has 0 amide bonds. The van der Waals surface area contributed by atoms with Crippen LogP contribution in [0.2, 0.25) is 0 Å². The molecular formula is C25H23N4. The van der Waals surface area contributed by atoms with Crippen molar-refractivity contribution in [3.63, 3.8) is 0 Å². The maximum absolute atomic E-state index is 4.99. The van der Waals surface area contributed by atoms with Crippen molar-refractivity contribution in [2.24, 2.45) is 5.10 Å². The molecule has 143 valence electrons. The molecule has 0 saturated carbocycles. The molecule has 29 heavy (non-hydrogen) atoms. The SMILES string of the molecule is Cc1c(C)c(C)c2c(c(C)nn2-c2cccc3c2C(c2ccccc2)=N[N]3)c1C. The van der Waals surface area contributed by atoms with Crippen molar-refractivity contribution in [2.75, 3.05) is 0 Å². The van der Waals surface area contributed by atoms with Gasteiger partial charge >= 0.3 is 0 Å². The lowest BCUT2D eigenvalue weighted by Crippen LogP contribution is -2.08. The molecule has 4 nitrogen and oxygen atoms in total. The number of aromatic nitrogens is 2. The third-order valence-electron chi connectivity index (χ3n) is 6.27. The van der Waals surface area contributed by atoms with Crippen LogP contribution < -0.4 is 5.43 Å². The molecule has 0 saturated heterocycles. The molecule has 0 aliphatic carbocycles. The highest BCUT2D eigenvalue weighted by Crippen LogP contribution is 2.36. The van der Waals surface area contributed by atoms with E-state index in [0.29, 0.717) is 0 Å². The van der Waals surface area contributed by atoms with Crippen LogP contribution in [0.4, 0.5) is 5.69 Å². The highest BCUT2D eigenvalue weighted by Gasteiger charge is 2.26. The zero-order chi connectivity index (χ0) is 20.3. The largest absolute Gasteiger partial charge is 0.232 e. The van der Waals surface area contributed by atoms with Gasteiger partial charge in [0.05, 0.1) is 28.1 Å². The molecule has 1 aromatic heterocycles. The Labute approximate surface area is 170 Å². The molecule has 4 heteroatoms. The first-order chi connectivity index (χ1) is 14.0. The van der Waals surface area contributed by atoms with Gasteiger partial charge in [0, 0.05) is 10.9 Å². The average Bonchev–Trinajstić information content (AvgIpc) is 3.32. The minimum Gasteiger partial charge on any atom is -0.232 e. The van der Waals surface area contributed by atoms with E-state index in [1.807, 2.05) is 30.3 Å². The third-order valence-corrected chi connectivity index (χ3v) is 6.27. The van der Waals surface area contributed by atoms with Gasteiger partial charge in [-0.2, -0.15) is 5.10 Å². The van der Waals surface area contributed by atoms with E-state index in [-0.39, 0.29) is 0 Å². The molecule has 1 aliphatic heterocycles. The Morgan fingerprint density at radius 2 is 1.45 bits per heavy atom. The van der Waals surface area contributed by atoms with Crippen LogP contribution in [-0.2, 0) is 0 Å². The zero-order valence-corrected chi connectivity index (χ0v) is 17.4. The lowest BCUT2D eigenvalue weighted by Gasteiger charge is -2.15. The van der Waals surface area contributed by atoms with Crippen molar-refractivity contribution < 1.29 is 0 Å². The maximum Gasteiger partial charge on any atom is 0.105 e. The lowest BCUT2D eigenvalue weighted by molar-refractivity contribution is 0.883. The standard InChI is InChI=1S/C25H23N4/c1-14-15(2)17(4)25-22(16(14)3)18(5)28-29(25)21-13-9-12-20-23(21)24(27-26-20)19-10-7-6-8-11-19/h6-13H,1-5H3. The van der Waals surface area contributed by atoms with Gasteiger partial charge < -0.3 is 0 Å². The van der Waals surface area contributed by atoms with E-state index in [1.54, 1.807) is 0 Å². The Balaban J connectivity index is 1.84. The molecule has 0 N–H and O–H groups in total. The summed E-state index contributed by atoms with van der Waals surface area (Å²) >= 11 is 0. The summed E-state index contributed by atoms with van der Waals surface area (Å²) in [4.78, 5) is 0. The number of aryl methyl sites for hydroxylation is 3. The van der Waals surface area contributed by atoms with Crippen LogP contribution in [0.3, 0.4) is 0 Å². The van der Waals surface area contributed by atoms with Gasteiger partial charge in [-0.05, 0) is 69.0 Å². The van der Waals surface area contributed by atoms with Crippen molar-refractivity contribution in [3.05, 3.63) is 87.6 Å². The molecule has 0 atom stereocenters. The topological polar surface area (TPSA) is 44.3 Å². The summed E-state index contributed by atoms with van der Waals surface area (Å²) in [6.45, 7) is 10.9. The number of rotatable bonds is 2. The van der Waals surface area contributed by atoms with Crippen molar-refractivity contribution in [1.82, 2.24) is 15.2 Å². The van der Waals surface area contributed by atoms with Crippen LogP contribution in [-0.4, -0.2) is 15.5 Å². The van der Waals surface area contributed by atoms with Gasteiger partial charge in [0.15, 0.2) is 0 Å². The molecule has 0 unspecified atom stereocenters. The summed E-state index contributed by atoms with van der Waals surface area (Å²) in [7, 11) is 0. The summed E-state index contributed by atoms with van der Waals surface area (Å²) in [5, 5.41) is 10.8. The summed E-state index contributed by atoms with van der Waals surface area (Å²) < 4.78 is 2.09. The Hall–Kier alpha value is -3.40. The molecule has 0 fully saturated rings. The normalized spacial score (nSPS) is 12.8. The monoisotopic (exact) mass is 379 g/mol. The van der Waals surface area contributed by atoms with E-state index in [9.17, 15) is 0 Å². The second kappa shape index (κ2) is 6.31. The first-order valence-corrected chi connectivity index (χ1v) is 9.92. The van der Waals surface area contributed by atoms with Crippen molar-refractivity contribution >= 4 is 22.3 Å². The van der Waals surface area contributed by atoms with Crippen LogP contribution >= 0.6 is 0 Å². The second-order valence-corrected chi connectivity index (χ2v) is 7.81. The van der Waals surface area contributed by atoms with Crippen LogP contribution in [0.15, 0.2) is 53.6 Å². The predicted octanol–water partition coefficient (Wildman–Crippen LogP) is 5.57. The van der Waals surface area contributed by atoms with Gasteiger partial charge in [-0.3, -0.25) is 0 Å².